The Kier molecular flexibility index (Phi) is 5.62. The zero-order chi connectivity index (χ0) is 17.2. The topological polar surface area (TPSA) is 66.5 Å². The van der Waals surface area contributed by atoms with E-state index in [1.54, 1.807) is 9.69 Å². The summed E-state index contributed by atoms with van der Waals surface area (Å²) in [6, 6.07) is 1.77. The normalized spacial score (nSPS) is 24.0. The average Bonchev–Trinajstić information content (AvgIpc) is 3.07. The first-order valence-corrected chi connectivity index (χ1v) is 11.2. The van der Waals surface area contributed by atoms with Gasteiger partial charge in [-0.15, -0.1) is 11.3 Å². The van der Waals surface area contributed by atoms with Crippen LogP contribution in [0.25, 0.3) is 0 Å². The molecule has 3 rings (SSSR count). The summed E-state index contributed by atoms with van der Waals surface area (Å²) in [4.78, 5) is 13.1. The van der Waals surface area contributed by atoms with Crippen LogP contribution in [0.4, 0.5) is 0 Å². The Hall–Kier alpha value is -0.920. The number of amides is 1. The summed E-state index contributed by atoms with van der Waals surface area (Å²) in [5.41, 5.74) is 0. The Morgan fingerprint density at radius 1 is 1.21 bits per heavy atom. The third-order valence-electron chi connectivity index (χ3n) is 5.00. The molecule has 0 spiro atoms. The van der Waals surface area contributed by atoms with E-state index in [0.29, 0.717) is 23.9 Å². The van der Waals surface area contributed by atoms with Crippen molar-refractivity contribution in [3.63, 3.8) is 0 Å². The largest absolute Gasteiger partial charge is 0.349 e. The second-order valence-corrected chi connectivity index (χ2v) is 9.91. The highest BCUT2D eigenvalue weighted by Crippen LogP contribution is 2.27. The van der Waals surface area contributed by atoms with E-state index in [-0.39, 0.29) is 16.8 Å². The third kappa shape index (κ3) is 4.00. The molecule has 2 heterocycles. The van der Waals surface area contributed by atoms with Crippen LogP contribution in [0.15, 0.2) is 16.3 Å². The lowest BCUT2D eigenvalue weighted by Gasteiger charge is -2.29. The van der Waals surface area contributed by atoms with Gasteiger partial charge in [-0.1, -0.05) is 26.2 Å². The maximum Gasteiger partial charge on any atom is 0.261 e. The maximum absolute atomic E-state index is 12.8. The van der Waals surface area contributed by atoms with E-state index in [1.807, 2.05) is 0 Å². The number of hydrogen-bond donors (Lipinski definition) is 1. The molecular formula is C17H26N2O3S2. The smallest absolute Gasteiger partial charge is 0.261 e. The Bertz CT molecular complexity index is 678. The Morgan fingerprint density at radius 2 is 1.96 bits per heavy atom. The van der Waals surface area contributed by atoms with Crippen molar-refractivity contribution >= 4 is 27.3 Å². The molecule has 1 N–H and O–H groups in total. The van der Waals surface area contributed by atoms with Gasteiger partial charge < -0.3 is 5.32 Å². The molecule has 0 aromatic carbocycles. The van der Waals surface area contributed by atoms with Gasteiger partial charge in [-0.3, -0.25) is 4.79 Å². The number of nitrogens with zero attached hydrogens (tertiary/aromatic N) is 1. The number of sulfonamides is 1. The summed E-state index contributed by atoms with van der Waals surface area (Å²) in [7, 11) is -3.48. The van der Waals surface area contributed by atoms with Crippen LogP contribution in [0.5, 0.6) is 0 Å². The fourth-order valence-electron chi connectivity index (χ4n) is 3.59. The quantitative estimate of drug-likeness (QED) is 0.885. The van der Waals surface area contributed by atoms with E-state index >= 15 is 0 Å². The first kappa shape index (κ1) is 17.9. The number of rotatable bonds is 4. The van der Waals surface area contributed by atoms with Crippen molar-refractivity contribution < 1.29 is 13.2 Å². The van der Waals surface area contributed by atoms with Gasteiger partial charge in [0.2, 0.25) is 10.0 Å². The molecule has 1 saturated heterocycles. The summed E-state index contributed by atoms with van der Waals surface area (Å²) < 4.78 is 27.1. The average molecular weight is 371 g/mol. The molecule has 0 radical (unpaired) electrons. The number of nitrogens with one attached hydrogen (secondary N) is 1. The van der Waals surface area contributed by atoms with Crippen molar-refractivity contribution in [2.24, 2.45) is 5.92 Å². The van der Waals surface area contributed by atoms with Crippen LogP contribution in [0.2, 0.25) is 0 Å². The highest BCUT2D eigenvalue weighted by atomic mass is 32.2. The van der Waals surface area contributed by atoms with Gasteiger partial charge in [0.05, 0.1) is 9.77 Å². The molecule has 7 heteroatoms. The number of piperidine rings is 1. The first-order chi connectivity index (χ1) is 11.5. The standard InChI is InChI=1S/C17H26N2O3S2/c1-13-6-5-9-19(11-13)24(21,22)15-10-16(23-12-15)17(20)18-14-7-3-2-4-8-14/h10,12-14H,2-9,11H2,1H3,(H,18,20)/t13-/m1/s1. The number of thiophene rings is 1. The van der Waals surface area contributed by atoms with Crippen LogP contribution in [0.1, 0.15) is 61.5 Å². The van der Waals surface area contributed by atoms with Crippen molar-refractivity contribution in [1.82, 2.24) is 9.62 Å². The van der Waals surface area contributed by atoms with Gasteiger partial charge in [0.15, 0.2) is 0 Å². The molecule has 1 atom stereocenters. The molecule has 1 saturated carbocycles. The Balaban J connectivity index is 1.68. The van der Waals surface area contributed by atoms with Gasteiger partial charge in [-0.25, -0.2) is 8.42 Å². The Morgan fingerprint density at radius 3 is 2.67 bits per heavy atom. The Labute approximate surface area is 148 Å². The third-order valence-corrected chi connectivity index (χ3v) is 7.92. The highest BCUT2D eigenvalue weighted by molar-refractivity contribution is 7.89. The van der Waals surface area contributed by atoms with Gasteiger partial charge in [0.25, 0.3) is 5.91 Å². The number of hydrogen-bond acceptors (Lipinski definition) is 4. The van der Waals surface area contributed by atoms with Crippen LogP contribution < -0.4 is 5.32 Å². The van der Waals surface area contributed by atoms with Crippen LogP contribution in [-0.2, 0) is 10.0 Å². The molecule has 1 aliphatic carbocycles. The zero-order valence-corrected chi connectivity index (χ0v) is 15.8. The van der Waals surface area contributed by atoms with E-state index < -0.39 is 10.0 Å². The SMILES string of the molecule is C[C@@H]1CCCN(S(=O)(=O)c2csc(C(=O)NC3CCCCC3)c2)C1. The van der Waals surface area contributed by atoms with Crippen LogP contribution in [0.3, 0.4) is 0 Å². The van der Waals surface area contributed by atoms with Gasteiger partial charge in [-0.2, -0.15) is 4.31 Å². The summed E-state index contributed by atoms with van der Waals surface area (Å²) in [6.45, 7) is 3.23. The zero-order valence-electron chi connectivity index (χ0n) is 14.2. The molecule has 1 aliphatic heterocycles. The fourth-order valence-corrected chi connectivity index (χ4v) is 6.35. The predicted molar refractivity (Wildman–Crippen MR) is 95.8 cm³/mol. The fraction of sp³-hybridized carbons (Fsp3) is 0.706. The lowest BCUT2D eigenvalue weighted by Crippen LogP contribution is -2.39. The minimum Gasteiger partial charge on any atom is -0.349 e. The van der Waals surface area contributed by atoms with Crippen molar-refractivity contribution in [3.8, 4) is 0 Å². The summed E-state index contributed by atoms with van der Waals surface area (Å²) in [5, 5.41) is 4.65. The molecule has 0 bridgehead atoms. The predicted octanol–water partition coefficient (Wildman–Crippen LogP) is 3.23. The monoisotopic (exact) mass is 370 g/mol. The maximum atomic E-state index is 12.8. The van der Waals surface area contributed by atoms with E-state index in [9.17, 15) is 13.2 Å². The van der Waals surface area contributed by atoms with Gasteiger partial charge in [0.1, 0.15) is 0 Å². The summed E-state index contributed by atoms with van der Waals surface area (Å²) >= 11 is 1.22. The van der Waals surface area contributed by atoms with Crippen molar-refractivity contribution in [1.29, 1.82) is 0 Å². The van der Waals surface area contributed by atoms with Gasteiger partial charge in [-0.05, 0) is 37.7 Å². The van der Waals surface area contributed by atoms with Gasteiger partial charge >= 0.3 is 0 Å². The number of carbonyl (C=O) groups is 1. The van der Waals surface area contributed by atoms with E-state index in [4.69, 9.17) is 0 Å². The van der Waals surface area contributed by atoms with Crippen LogP contribution in [0, 0.1) is 5.92 Å². The molecule has 24 heavy (non-hydrogen) atoms. The molecule has 1 aromatic rings. The minimum absolute atomic E-state index is 0.139. The van der Waals surface area contributed by atoms with E-state index in [2.05, 4.69) is 12.2 Å². The first-order valence-electron chi connectivity index (χ1n) is 8.86. The lowest BCUT2D eigenvalue weighted by molar-refractivity contribution is 0.0931. The lowest BCUT2D eigenvalue weighted by atomic mass is 9.95. The minimum atomic E-state index is -3.48. The molecule has 2 aliphatic rings. The van der Waals surface area contributed by atoms with Gasteiger partial charge in [0, 0.05) is 24.5 Å². The molecule has 5 nitrogen and oxygen atoms in total. The molecule has 0 unspecified atom stereocenters. The molecule has 1 aromatic heterocycles. The number of carbonyl (C=O) groups excluding carboxylic acids is 1. The molecule has 2 fully saturated rings. The second-order valence-electron chi connectivity index (χ2n) is 7.07. The van der Waals surface area contributed by atoms with Crippen molar-refractivity contribution in [2.75, 3.05) is 13.1 Å². The van der Waals surface area contributed by atoms with E-state index in [1.165, 1.54) is 23.8 Å². The van der Waals surface area contributed by atoms with E-state index in [0.717, 1.165) is 38.5 Å². The molecule has 134 valence electrons. The molecule has 1 amide bonds. The van der Waals surface area contributed by atoms with Crippen LogP contribution in [-0.4, -0.2) is 37.8 Å². The molecular weight excluding hydrogens is 344 g/mol. The van der Waals surface area contributed by atoms with Crippen molar-refractivity contribution in [2.45, 2.75) is 62.8 Å². The highest BCUT2D eigenvalue weighted by Gasteiger charge is 2.30. The van der Waals surface area contributed by atoms with Crippen molar-refractivity contribution in [3.05, 3.63) is 16.3 Å². The summed E-state index contributed by atoms with van der Waals surface area (Å²) in [5.74, 6) is 0.251. The van der Waals surface area contributed by atoms with Crippen LogP contribution >= 0.6 is 11.3 Å². The second kappa shape index (κ2) is 7.54. The summed E-state index contributed by atoms with van der Waals surface area (Å²) in [6.07, 6.45) is 7.57.